The zero-order valence-corrected chi connectivity index (χ0v) is 12.9. The van der Waals surface area contributed by atoms with Crippen LogP contribution in [0.3, 0.4) is 0 Å². The first-order chi connectivity index (χ1) is 7.66. The first kappa shape index (κ1) is 12.8. The second-order valence-corrected chi connectivity index (χ2v) is 7.54. The predicted octanol–water partition coefficient (Wildman–Crippen LogP) is 4.13. The summed E-state index contributed by atoms with van der Waals surface area (Å²) in [6.45, 7) is 0. The minimum Gasteiger partial charge on any atom is -0.457 e. The third kappa shape index (κ3) is 3.18. The summed E-state index contributed by atoms with van der Waals surface area (Å²) in [5, 5.41) is 0. The fraction of sp³-hybridized carbons (Fsp3) is 0.300. The predicted molar refractivity (Wildman–Crippen MR) is 76.0 cm³/mol. The molecule has 0 aliphatic carbocycles. The fourth-order valence-corrected chi connectivity index (χ4v) is 4.51. The Balaban J connectivity index is 2.10. The number of hydrogen-bond acceptors (Lipinski definition) is 4. The van der Waals surface area contributed by atoms with E-state index in [0.29, 0.717) is 5.56 Å². The molecule has 1 aromatic rings. The molecule has 0 spiro atoms. The molecule has 0 amide bonds. The maximum Gasteiger partial charge on any atom is 0.339 e. The largest absolute Gasteiger partial charge is 0.457 e. The summed E-state index contributed by atoms with van der Waals surface area (Å²) in [7, 11) is 3.49. The lowest BCUT2D eigenvalue weighted by Gasteiger charge is -2.11. The molecule has 1 aliphatic heterocycles. The van der Waals surface area contributed by atoms with Crippen LogP contribution in [0.25, 0.3) is 0 Å². The molecule has 1 aliphatic rings. The van der Waals surface area contributed by atoms with Gasteiger partial charge in [0.15, 0.2) is 0 Å². The molecule has 0 radical (unpaired) electrons. The molecule has 0 aromatic heterocycles. The number of halogens is 2. The van der Waals surface area contributed by atoms with E-state index in [1.165, 1.54) is 0 Å². The van der Waals surface area contributed by atoms with Crippen molar-refractivity contribution in [2.75, 3.05) is 11.5 Å². The number of carbonyl (C=O) groups is 1. The van der Waals surface area contributed by atoms with E-state index in [9.17, 15) is 4.79 Å². The second kappa shape index (κ2) is 5.80. The average molecular weight is 384 g/mol. The van der Waals surface area contributed by atoms with E-state index in [1.807, 2.05) is 12.1 Å². The molecule has 1 aromatic carbocycles. The molecule has 2 nitrogen and oxygen atoms in total. The SMILES string of the molecule is O=C(OC1CSSC1)c1cc(Br)ccc1Br. The topological polar surface area (TPSA) is 26.3 Å². The molecule has 0 N–H and O–H groups in total. The van der Waals surface area contributed by atoms with Crippen LogP contribution in [0.2, 0.25) is 0 Å². The van der Waals surface area contributed by atoms with Crippen molar-refractivity contribution in [3.8, 4) is 0 Å². The van der Waals surface area contributed by atoms with Gasteiger partial charge in [0, 0.05) is 20.5 Å². The average Bonchev–Trinajstić information content (AvgIpc) is 2.74. The Bertz CT molecular complexity index is 406. The Kier molecular flexibility index (Phi) is 4.64. The lowest BCUT2D eigenvalue weighted by Crippen LogP contribution is -2.20. The summed E-state index contributed by atoms with van der Waals surface area (Å²) in [5.74, 6) is 1.49. The normalized spacial score (nSPS) is 16.4. The van der Waals surface area contributed by atoms with Crippen molar-refractivity contribution in [3.63, 3.8) is 0 Å². The van der Waals surface area contributed by atoms with Crippen LogP contribution in [0.15, 0.2) is 27.1 Å². The molecule has 0 saturated carbocycles. The number of ether oxygens (including phenoxy) is 1. The standard InChI is InChI=1S/C10H8Br2O2S2/c11-6-1-2-9(12)8(3-6)10(13)14-7-4-15-16-5-7/h1-3,7H,4-5H2. The summed E-state index contributed by atoms with van der Waals surface area (Å²) in [5.41, 5.74) is 0.566. The van der Waals surface area contributed by atoms with Crippen molar-refractivity contribution in [1.82, 2.24) is 0 Å². The number of hydrogen-bond donors (Lipinski definition) is 0. The third-order valence-electron chi connectivity index (χ3n) is 2.01. The summed E-state index contributed by atoms with van der Waals surface area (Å²) >= 11 is 6.69. The molecule has 1 saturated heterocycles. The first-order valence-corrected chi connectivity index (χ1v) is 8.64. The number of carbonyl (C=O) groups excluding carboxylic acids is 1. The summed E-state index contributed by atoms with van der Waals surface area (Å²) < 4.78 is 7.04. The first-order valence-electron chi connectivity index (χ1n) is 4.57. The van der Waals surface area contributed by atoms with Gasteiger partial charge in [0.2, 0.25) is 0 Å². The number of esters is 1. The Morgan fingerprint density at radius 3 is 2.69 bits per heavy atom. The van der Waals surface area contributed by atoms with Gasteiger partial charge in [0.1, 0.15) is 6.10 Å². The Morgan fingerprint density at radius 2 is 2.00 bits per heavy atom. The van der Waals surface area contributed by atoms with Crippen LogP contribution in [0.5, 0.6) is 0 Å². The fourth-order valence-electron chi connectivity index (χ4n) is 1.23. The van der Waals surface area contributed by atoms with Crippen molar-refractivity contribution in [3.05, 3.63) is 32.7 Å². The molecule has 16 heavy (non-hydrogen) atoms. The summed E-state index contributed by atoms with van der Waals surface area (Å²) in [4.78, 5) is 11.9. The lowest BCUT2D eigenvalue weighted by atomic mass is 10.2. The summed E-state index contributed by atoms with van der Waals surface area (Å²) in [6.07, 6.45) is 0.0355. The minimum atomic E-state index is -0.263. The molecular weight excluding hydrogens is 376 g/mol. The maximum atomic E-state index is 11.9. The van der Waals surface area contributed by atoms with Gasteiger partial charge in [-0.15, -0.1) is 0 Å². The van der Waals surface area contributed by atoms with E-state index in [1.54, 1.807) is 27.7 Å². The number of rotatable bonds is 2. The van der Waals surface area contributed by atoms with E-state index >= 15 is 0 Å². The molecule has 1 heterocycles. The Labute approximate surface area is 119 Å². The van der Waals surface area contributed by atoms with Gasteiger partial charge in [-0.3, -0.25) is 0 Å². The molecule has 0 atom stereocenters. The van der Waals surface area contributed by atoms with Crippen LogP contribution >= 0.6 is 53.4 Å². The van der Waals surface area contributed by atoms with Crippen molar-refractivity contribution in [2.24, 2.45) is 0 Å². The van der Waals surface area contributed by atoms with Gasteiger partial charge < -0.3 is 4.74 Å². The monoisotopic (exact) mass is 382 g/mol. The van der Waals surface area contributed by atoms with Crippen molar-refractivity contribution < 1.29 is 9.53 Å². The van der Waals surface area contributed by atoms with Gasteiger partial charge in [0.25, 0.3) is 0 Å². The van der Waals surface area contributed by atoms with Crippen molar-refractivity contribution in [1.29, 1.82) is 0 Å². The number of benzene rings is 1. The summed E-state index contributed by atoms with van der Waals surface area (Å²) in [6, 6.07) is 5.47. The quantitative estimate of drug-likeness (QED) is 0.566. The molecular formula is C10H8Br2O2S2. The van der Waals surface area contributed by atoms with E-state index < -0.39 is 0 Å². The molecule has 0 bridgehead atoms. The van der Waals surface area contributed by atoms with Crippen LogP contribution in [0, 0.1) is 0 Å². The van der Waals surface area contributed by atoms with Gasteiger partial charge in [0.05, 0.1) is 5.56 Å². The molecule has 6 heteroatoms. The van der Waals surface area contributed by atoms with Crippen LogP contribution in [-0.2, 0) is 4.74 Å². The highest BCUT2D eigenvalue weighted by Gasteiger charge is 2.22. The molecule has 86 valence electrons. The van der Waals surface area contributed by atoms with Crippen LogP contribution in [0.1, 0.15) is 10.4 Å². The Morgan fingerprint density at radius 1 is 1.31 bits per heavy atom. The van der Waals surface area contributed by atoms with Crippen molar-refractivity contribution >= 4 is 59.4 Å². The van der Waals surface area contributed by atoms with E-state index in [0.717, 1.165) is 20.5 Å². The highest BCUT2D eigenvalue weighted by atomic mass is 79.9. The molecule has 0 unspecified atom stereocenters. The van der Waals surface area contributed by atoms with Gasteiger partial charge >= 0.3 is 5.97 Å². The van der Waals surface area contributed by atoms with Crippen LogP contribution in [-0.4, -0.2) is 23.6 Å². The smallest absolute Gasteiger partial charge is 0.339 e. The van der Waals surface area contributed by atoms with E-state index in [2.05, 4.69) is 31.9 Å². The third-order valence-corrected chi connectivity index (χ3v) is 5.70. The van der Waals surface area contributed by atoms with Gasteiger partial charge in [-0.25, -0.2) is 4.79 Å². The van der Waals surface area contributed by atoms with Gasteiger partial charge in [-0.05, 0) is 34.1 Å². The zero-order valence-electron chi connectivity index (χ0n) is 8.11. The van der Waals surface area contributed by atoms with Gasteiger partial charge in [-0.2, -0.15) is 0 Å². The zero-order chi connectivity index (χ0) is 11.5. The highest BCUT2D eigenvalue weighted by Crippen LogP contribution is 2.33. The molecule has 2 rings (SSSR count). The van der Waals surface area contributed by atoms with Crippen LogP contribution < -0.4 is 0 Å². The Hall–Kier alpha value is 0.350. The van der Waals surface area contributed by atoms with Crippen LogP contribution in [0.4, 0.5) is 0 Å². The van der Waals surface area contributed by atoms with E-state index in [-0.39, 0.29) is 12.1 Å². The maximum absolute atomic E-state index is 11.9. The van der Waals surface area contributed by atoms with Crippen molar-refractivity contribution in [2.45, 2.75) is 6.10 Å². The second-order valence-electron chi connectivity index (χ2n) is 3.22. The minimum absolute atomic E-state index is 0.0355. The highest BCUT2D eigenvalue weighted by molar-refractivity contribution is 9.11. The van der Waals surface area contributed by atoms with Gasteiger partial charge in [-0.1, -0.05) is 37.5 Å². The molecule has 1 fully saturated rings. The lowest BCUT2D eigenvalue weighted by molar-refractivity contribution is 0.0396. The van der Waals surface area contributed by atoms with E-state index in [4.69, 9.17) is 4.74 Å².